The van der Waals surface area contributed by atoms with Crippen LogP contribution in [0, 0.1) is 0 Å². The molecule has 0 aliphatic carbocycles. The Morgan fingerprint density at radius 3 is 2.78 bits per heavy atom. The van der Waals surface area contributed by atoms with Crippen molar-refractivity contribution in [2.45, 2.75) is 26.9 Å². The summed E-state index contributed by atoms with van der Waals surface area (Å²) in [4.78, 5) is 26.4. The minimum Gasteiger partial charge on any atom is -0.332 e. The average Bonchev–Trinajstić information content (AvgIpc) is 3.00. The molecule has 0 unspecified atom stereocenters. The monoisotopic (exact) mass is 316 g/mol. The van der Waals surface area contributed by atoms with E-state index in [1.807, 2.05) is 6.92 Å². The summed E-state index contributed by atoms with van der Waals surface area (Å²) in [6.07, 6.45) is 1.62. The number of aryl methyl sites for hydroxylation is 1. The van der Waals surface area contributed by atoms with E-state index in [-0.39, 0.29) is 11.9 Å². The number of aromatic nitrogens is 3. The van der Waals surface area contributed by atoms with Crippen molar-refractivity contribution in [1.29, 1.82) is 0 Å². The van der Waals surface area contributed by atoms with E-state index in [1.54, 1.807) is 42.3 Å². The third-order valence-electron chi connectivity index (χ3n) is 3.26. The van der Waals surface area contributed by atoms with E-state index < -0.39 is 0 Å². The van der Waals surface area contributed by atoms with Crippen molar-refractivity contribution < 1.29 is 9.59 Å². The van der Waals surface area contributed by atoms with Gasteiger partial charge in [0.25, 0.3) is 0 Å². The predicted octanol–water partition coefficient (Wildman–Crippen LogP) is 1.60. The number of carbonyl (C=O) groups excluding carboxylic acids is 2. The zero-order chi connectivity index (χ0) is 16.8. The molecular weight excluding hydrogens is 296 g/mol. The second kappa shape index (κ2) is 7.39. The molecule has 1 aromatic carbocycles. The van der Waals surface area contributed by atoms with Crippen molar-refractivity contribution in [2.75, 3.05) is 17.3 Å². The number of nitrogens with zero attached hydrogens (tertiary/aromatic N) is 4. The second-order valence-corrected chi connectivity index (χ2v) is 4.96. The lowest BCUT2D eigenvalue weighted by atomic mass is 10.2. The topological polar surface area (TPSA) is 92.2 Å². The lowest BCUT2D eigenvalue weighted by molar-refractivity contribution is -0.116. The molecule has 23 heavy (non-hydrogen) atoms. The van der Waals surface area contributed by atoms with Crippen molar-refractivity contribution in [2.24, 2.45) is 0 Å². The fraction of sp³-hybridized carbons (Fsp3) is 0.333. The van der Waals surface area contributed by atoms with E-state index in [0.29, 0.717) is 30.2 Å². The minimum atomic E-state index is -0.348. The zero-order valence-corrected chi connectivity index (χ0v) is 13.4. The van der Waals surface area contributed by atoms with Gasteiger partial charge in [-0.15, -0.1) is 0 Å². The number of carbonyl (C=O) groups is 2. The first kappa shape index (κ1) is 16.5. The van der Waals surface area contributed by atoms with E-state index in [1.165, 1.54) is 11.8 Å². The maximum atomic E-state index is 11.9. The van der Waals surface area contributed by atoms with Gasteiger partial charge in [-0.1, -0.05) is 6.07 Å². The Hall–Kier alpha value is -2.90. The van der Waals surface area contributed by atoms with Crippen LogP contribution in [0.15, 0.2) is 30.5 Å². The van der Waals surface area contributed by atoms with Gasteiger partial charge in [-0.2, -0.15) is 15.0 Å². The number of rotatable bonds is 5. The van der Waals surface area contributed by atoms with Crippen LogP contribution in [-0.4, -0.2) is 34.0 Å². The zero-order valence-electron chi connectivity index (χ0n) is 13.4. The lowest BCUT2D eigenvalue weighted by Gasteiger charge is -2.16. The Bertz CT molecular complexity index is 697. The molecule has 8 heteroatoms. The Morgan fingerprint density at radius 2 is 2.13 bits per heavy atom. The number of urea groups is 1. The van der Waals surface area contributed by atoms with Gasteiger partial charge in [-0.3, -0.25) is 4.79 Å². The Kier molecular flexibility index (Phi) is 5.29. The molecule has 2 aromatic rings. The van der Waals surface area contributed by atoms with Crippen molar-refractivity contribution in [3.05, 3.63) is 36.2 Å². The van der Waals surface area contributed by atoms with Crippen molar-refractivity contribution in [3.63, 3.8) is 0 Å². The van der Waals surface area contributed by atoms with Gasteiger partial charge in [0.15, 0.2) is 0 Å². The lowest BCUT2D eigenvalue weighted by Crippen LogP contribution is -2.28. The van der Waals surface area contributed by atoms with E-state index in [2.05, 4.69) is 20.8 Å². The van der Waals surface area contributed by atoms with Gasteiger partial charge in [0, 0.05) is 25.3 Å². The quantitative estimate of drug-likeness (QED) is 0.876. The van der Waals surface area contributed by atoms with Crippen LogP contribution in [0.25, 0.3) is 0 Å². The summed E-state index contributed by atoms with van der Waals surface area (Å²) in [5.41, 5.74) is 2.00. The number of hydrogen-bond acceptors (Lipinski definition) is 4. The average molecular weight is 316 g/mol. The predicted molar refractivity (Wildman–Crippen MR) is 87.1 cm³/mol. The summed E-state index contributed by atoms with van der Waals surface area (Å²) in [6, 6.07) is 6.71. The van der Waals surface area contributed by atoms with Gasteiger partial charge in [0.05, 0.1) is 19.3 Å². The number of amides is 3. The molecule has 1 aromatic heterocycles. The molecule has 0 saturated carbocycles. The van der Waals surface area contributed by atoms with Gasteiger partial charge in [0.1, 0.15) is 5.69 Å². The molecule has 1 heterocycles. The molecule has 122 valence electrons. The fourth-order valence-electron chi connectivity index (χ4n) is 1.89. The second-order valence-electron chi connectivity index (χ2n) is 4.96. The van der Waals surface area contributed by atoms with Crippen LogP contribution >= 0.6 is 0 Å². The van der Waals surface area contributed by atoms with Crippen LogP contribution in [0.5, 0.6) is 0 Å². The summed E-state index contributed by atoms with van der Waals surface area (Å²) >= 11 is 0. The number of nitrogens with one attached hydrogen (secondary N) is 2. The van der Waals surface area contributed by atoms with Crippen molar-refractivity contribution in [3.8, 4) is 0 Å². The van der Waals surface area contributed by atoms with Crippen LogP contribution in [0.2, 0.25) is 0 Å². The fourth-order valence-corrected chi connectivity index (χ4v) is 1.89. The van der Waals surface area contributed by atoms with Crippen LogP contribution in [-0.2, 0) is 17.9 Å². The Labute approximate surface area is 134 Å². The summed E-state index contributed by atoms with van der Waals surface area (Å²) in [5.74, 6) is -0.0781. The molecule has 2 N–H and O–H groups in total. The van der Waals surface area contributed by atoms with Gasteiger partial charge in [-0.05, 0) is 25.1 Å². The van der Waals surface area contributed by atoms with E-state index in [0.717, 1.165) is 0 Å². The van der Waals surface area contributed by atoms with E-state index >= 15 is 0 Å². The van der Waals surface area contributed by atoms with Gasteiger partial charge in [0.2, 0.25) is 5.91 Å². The highest BCUT2D eigenvalue weighted by Gasteiger charge is 2.08. The van der Waals surface area contributed by atoms with Crippen LogP contribution in [0.4, 0.5) is 16.2 Å². The standard InChI is InChI=1S/C15H20N6O2/c1-4-21-17-10-13(19-21)9-16-15(23)18-12-6-5-7-14(8-12)20(3)11(2)22/h5-8,10H,4,9H2,1-3H3,(H2,16,18,23). The summed E-state index contributed by atoms with van der Waals surface area (Å²) in [5, 5.41) is 13.7. The maximum Gasteiger partial charge on any atom is 0.319 e. The van der Waals surface area contributed by atoms with Crippen LogP contribution in [0.1, 0.15) is 19.5 Å². The molecule has 0 aliphatic rings. The van der Waals surface area contributed by atoms with Crippen molar-refractivity contribution >= 4 is 23.3 Å². The van der Waals surface area contributed by atoms with Crippen LogP contribution < -0.4 is 15.5 Å². The molecule has 2 rings (SSSR count). The third kappa shape index (κ3) is 4.53. The Morgan fingerprint density at radius 1 is 1.35 bits per heavy atom. The number of anilines is 2. The van der Waals surface area contributed by atoms with Crippen LogP contribution in [0.3, 0.4) is 0 Å². The molecule has 0 bridgehead atoms. The van der Waals surface area contributed by atoms with Gasteiger partial charge >= 0.3 is 6.03 Å². The SMILES string of the molecule is CCn1ncc(CNC(=O)Nc2cccc(N(C)C(C)=O)c2)n1. The molecule has 0 radical (unpaired) electrons. The highest BCUT2D eigenvalue weighted by Crippen LogP contribution is 2.18. The molecular formula is C15H20N6O2. The molecule has 0 fully saturated rings. The van der Waals surface area contributed by atoms with Crippen molar-refractivity contribution in [1.82, 2.24) is 20.3 Å². The first-order valence-electron chi connectivity index (χ1n) is 7.27. The maximum absolute atomic E-state index is 11.9. The highest BCUT2D eigenvalue weighted by molar-refractivity contribution is 5.93. The summed E-state index contributed by atoms with van der Waals surface area (Å²) in [6.45, 7) is 4.40. The van der Waals surface area contributed by atoms with Gasteiger partial charge in [-0.25, -0.2) is 4.79 Å². The van der Waals surface area contributed by atoms with E-state index in [4.69, 9.17) is 0 Å². The number of benzene rings is 1. The first-order valence-corrected chi connectivity index (χ1v) is 7.27. The molecule has 3 amide bonds. The smallest absolute Gasteiger partial charge is 0.319 e. The minimum absolute atomic E-state index is 0.0781. The molecule has 0 spiro atoms. The highest BCUT2D eigenvalue weighted by atomic mass is 16.2. The molecule has 0 aliphatic heterocycles. The normalized spacial score (nSPS) is 10.2. The van der Waals surface area contributed by atoms with E-state index in [9.17, 15) is 9.59 Å². The molecule has 8 nitrogen and oxygen atoms in total. The number of hydrogen-bond donors (Lipinski definition) is 2. The largest absolute Gasteiger partial charge is 0.332 e. The molecule has 0 saturated heterocycles. The third-order valence-corrected chi connectivity index (χ3v) is 3.26. The Balaban J connectivity index is 1.92. The molecule has 0 atom stereocenters. The first-order chi connectivity index (χ1) is 11.0. The summed E-state index contributed by atoms with van der Waals surface area (Å²) in [7, 11) is 1.68. The summed E-state index contributed by atoms with van der Waals surface area (Å²) < 4.78 is 0. The van der Waals surface area contributed by atoms with Gasteiger partial charge < -0.3 is 15.5 Å².